The standard InChI is InChI=1S/C16H28N2O.ClH/c19-16(11-14-5-4-10-17-14)18(12-13-8-9-13)15-6-2-1-3-7-15;/h13-15,17H,1-12H2;1H. The maximum absolute atomic E-state index is 12.6. The molecular weight excluding hydrogens is 272 g/mol. The van der Waals surface area contributed by atoms with Gasteiger partial charge < -0.3 is 10.2 Å². The molecule has 4 heteroatoms. The van der Waals surface area contributed by atoms with Crippen LogP contribution in [-0.2, 0) is 4.79 Å². The lowest BCUT2D eigenvalue weighted by Gasteiger charge is -2.35. The monoisotopic (exact) mass is 300 g/mol. The van der Waals surface area contributed by atoms with Crippen LogP contribution in [0.4, 0.5) is 0 Å². The molecule has 1 amide bonds. The van der Waals surface area contributed by atoms with Gasteiger partial charge in [-0.25, -0.2) is 0 Å². The molecule has 1 saturated heterocycles. The number of hydrogen-bond donors (Lipinski definition) is 1. The molecule has 3 rings (SSSR count). The molecule has 3 nitrogen and oxygen atoms in total. The smallest absolute Gasteiger partial charge is 0.224 e. The first-order valence-corrected chi connectivity index (χ1v) is 8.36. The third kappa shape index (κ3) is 4.36. The molecule has 1 heterocycles. The van der Waals surface area contributed by atoms with Crippen LogP contribution in [0.1, 0.15) is 64.2 Å². The molecule has 2 aliphatic carbocycles. The van der Waals surface area contributed by atoms with E-state index in [1.807, 2.05) is 0 Å². The fourth-order valence-electron chi connectivity index (χ4n) is 3.68. The number of halogens is 1. The van der Waals surface area contributed by atoms with Crippen LogP contribution >= 0.6 is 12.4 Å². The number of amides is 1. The van der Waals surface area contributed by atoms with Gasteiger partial charge in [-0.15, -0.1) is 12.4 Å². The first-order valence-electron chi connectivity index (χ1n) is 8.36. The average molecular weight is 301 g/mol. The van der Waals surface area contributed by atoms with Crippen LogP contribution in [0.25, 0.3) is 0 Å². The van der Waals surface area contributed by atoms with Crippen molar-refractivity contribution in [3.63, 3.8) is 0 Å². The molecule has 3 fully saturated rings. The minimum atomic E-state index is 0. The Hall–Kier alpha value is -0.280. The molecule has 3 aliphatic rings. The first-order chi connectivity index (χ1) is 9.33. The van der Waals surface area contributed by atoms with Crippen molar-refractivity contribution in [2.45, 2.75) is 76.3 Å². The van der Waals surface area contributed by atoms with Crippen LogP contribution in [-0.4, -0.2) is 36.0 Å². The minimum Gasteiger partial charge on any atom is -0.339 e. The van der Waals surface area contributed by atoms with Crippen LogP contribution < -0.4 is 5.32 Å². The minimum absolute atomic E-state index is 0. The van der Waals surface area contributed by atoms with Gasteiger partial charge in [-0.05, 0) is 51.0 Å². The van der Waals surface area contributed by atoms with E-state index in [0.29, 0.717) is 18.0 Å². The van der Waals surface area contributed by atoms with Crippen molar-refractivity contribution in [2.24, 2.45) is 5.92 Å². The Bertz CT molecular complexity index is 308. The van der Waals surface area contributed by atoms with E-state index < -0.39 is 0 Å². The molecule has 2 saturated carbocycles. The van der Waals surface area contributed by atoms with Crippen LogP contribution in [0.2, 0.25) is 0 Å². The van der Waals surface area contributed by atoms with Crippen molar-refractivity contribution in [1.82, 2.24) is 10.2 Å². The lowest BCUT2D eigenvalue weighted by Crippen LogP contribution is -2.44. The zero-order valence-corrected chi connectivity index (χ0v) is 13.3. The fraction of sp³-hybridized carbons (Fsp3) is 0.938. The normalized spacial score (nSPS) is 27.1. The van der Waals surface area contributed by atoms with E-state index in [2.05, 4.69) is 10.2 Å². The van der Waals surface area contributed by atoms with E-state index in [4.69, 9.17) is 0 Å². The van der Waals surface area contributed by atoms with Crippen molar-refractivity contribution >= 4 is 18.3 Å². The molecule has 0 bridgehead atoms. The quantitative estimate of drug-likeness (QED) is 0.846. The van der Waals surface area contributed by atoms with E-state index >= 15 is 0 Å². The van der Waals surface area contributed by atoms with Gasteiger partial charge in [-0.2, -0.15) is 0 Å². The highest BCUT2D eigenvalue weighted by atomic mass is 35.5. The first kappa shape index (κ1) is 16.1. The summed E-state index contributed by atoms with van der Waals surface area (Å²) >= 11 is 0. The van der Waals surface area contributed by atoms with E-state index in [1.54, 1.807) is 0 Å². The Morgan fingerprint density at radius 1 is 1.00 bits per heavy atom. The summed E-state index contributed by atoms with van der Waals surface area (Å²) in [6.07, 6.45) is 12.4. The summed E-state index contributed by atoms with van der Waals surface area (Å²) in [7, 11) is 0. The van der Waals surface area contributed by atoms with Gasteiger partial charge in [0, 0.05) is 25.0 Å². The van der Waals surface area contributed by atoms with Gasteiger partial charge in [0.2, 0.25) is 5.91 Å². The molecule has 0 aromatic heterocycles. The van der Waals surface area contributed by atoms with Crippen molar-refractivity contribution in [2.75, 3.05) is 13.1 Å². The second-order valence-corrected chi connectivity index (χ2v) is 6.78. The Kier molecular flexibility index (Phi) is 6.16. The van der Waals surface area contributed by atoms with Crippen LogP contribution in [0.3, 0.4) is 0 Å². The average Bonchev–Trinajstić information content (AvgIpc) is 3.12. The summed E-state index contributed by atoms with van der Waals surface area (Å²) in [5.41, 5.74) is 0. The van der Waals surface area contributed by atoms with Gasteiger partial charge in [-0.3, -0.25) is 4.79 Å². The van der Waals surface area contributed by atoms with E-state index in [9.17, 15) is 4.79 Å². The number of nitrogens with one attached hydrogen (secondary N) is 1. The predicted molar refractivity (Wildman–Crippen MR) is 84.2 cm³/mol. The summed E-state index contributed by atoms with van der Waals surface area (Å²) in [5.74, 6) is 1.25. The SMILES string of the molecule is Cl.O=C(CC1CCCN1)N(CC1CC1)C1CCCCC1. The second kappa shape index (κ2) is 7.65. The van der Waals surface area contributed by atoms with Crippen LogP contribution in [0, 0.1) is 5.92 Å². The lowest BCUT2D eigenvalue weighted by molar-refractivity contribution is -0.135. The van der Waals surface area contributed by atoms with Gasteiger partial charge in [0.05, 0.1) is 0 Å². The second-order valence-electron chi connectivity index (χ2n) is 6.78. The third-order valence-electron chi connectivity index (χ3n) is 5.07. The molecule has 0 spiro atoms. The molecule has 0 radical (unpaired) electrons. The molecule has 20 heavy (non-hydrogen) atoms. The molecular formula is C16H29ClN2O. The number of carbonyl (C=O) groups is 1. The topological polar surface area (TPSA) is 32.3 Å². The van der Waals surface area contributed by atoms with Crippen LogP contribution in [0.5, 0.6) is 0 Å². The van der Waals surface area contributed by atoms with Gasteiger partial charge in [0.25, 0.3) is 0 Å². The van der Waals surface area contributed by atoms with Crippen LogP contribution in [0.15, 0.2) is 0 Å². The summed E-state index contributed by atoms with van der Waals surface area (Å²) in [6, 6.07) is 1.01. The number of rotatable bonds is 5. The Balaban J connectivity index is 0.00000147. The van der Waals surface area contributed by atoms with Crippen molar-refractivity contribution < 1.29 is 4.79 Å². The number of hydrogen-bond acceptors (Lipinski definition) is 2. The third-order valence-corrected chi connectivity index (χ3v) is 5.07. The lowest BCUT2D eigenvalue weighted by atomic mass is 9.93. The zero-order valence-electron chi connectivity index (χ0n) is 12.5. The maximum atomic E-state index is 12.6. The van der Waals surface area contributed by atoms with E-state index in [1.165, 1.54) is 57.8 Å². The molecule has 0 aromatic carbocycles. The fourth-order valence-corrected chi connectivity index (χ4v) is 3.68. The zero-order chi connectivity index (χ0) is 13.1. The Morgan fingerprint density at radius 3 is 2.35 bits per heavy atom. The molecule has 1 atom stereocenters. The predicted octanol–water partition coefficient (Wildman–Crippen LogP) is 3.12. The number of carbonyl (C=O) groups excluding carboxylic acids is 1. The number of nitrogens with zero attached hydrogens (tertiary/aromatic N) is 1. The van der Waals surface area contributed by atoms with Gasteiger partial charge >= 0.3 is 0 Å². The summed E-state index contributed by atoms with van der Waals surface area (Å²) < 4.78 is 0. The van der Waals surface area contributed by atoms with E-state index in [-0.39, 0.29) is 12.4 Å². The summed E-state index contributed by atoms with van der Waals surface area (Å²) in [6.45, 7) is 2.15. The van der Waals surface area contributed by atoms with Gasteiger partial charge in [0.1, 0.15) is 0 Å². The highest BCUT2D eigenvalue weighted by Crippen LogP contribution is 2.33. The molecule has 116 valence electrons. The van der Waals surface area contributed by atoms with Gasteiger partial charge in [0.15, 0.2) is 0 Å². The summed E-state index contributed by atoms with van der Waals surface area (Å²) in [4.78, 5) is 14.9. The highest BCUT2D eigenvalue weighted by Gasteiger charge is 2.32. The highest BCUT2D eigenvalue weighted by molar-refractivity contribution is 5.85. The van der Waals surface area contributed by atoms with Crippen molar-refractivity contribution in [3.05, 3.63) is 0 Å². The van der Waals surface area contributed by atoms with Crippen molar-refractivity contribution in [1.29, 1.82) is 0 Å². The van der Waals surface area contributed by atoms with E-state index in [0.717, 1.165) is 25.4 Å². The van der Waals surface area contributed by atoms with Crippen molar-refractivity contribution in [3.8, 4) is 0 Å². The summed E-state index contributed by atoms with van der Waals surface area (Å²) in [5, 5.41) is 3.47. The Morgan fingerprint density at radius 2 is 1.75 bits per heavy atom. The molecule has 0 aromatic rings. The maximum Gasteiger partial charge on any atom is 0.224 e. The largest absolute Gasteiger partial charge is 0.339 e. The molecule has 1 aliphatic heterocycles. The molecule has 1 N–H and O–H groups in total. The molecule has 1 unspecified atom stereocenters. The van der Waals surface area contributed by atoms with Gasteiger partial charge in [-0.1, -0.05) is 19.3 Å². The Labute approximate surface area is 129 Å².